The molecule has 2 aromatic heterocycles. The molecule has 0 fully saturated rings. The Kier molecular flexibility index (Phi) is 3.53. The number of benzene rings is 2. The van der Waals surface area contributed by atoms with Crippen LogP contribution in [0.3, 0.4) is 0 Å². The Hall–Kier alpha value is -3.48. The average Bonchev–Trinajstić information content (AvgIpc) is 3.01. The van der Waals surface area contributed by atoms with Crippen molar-refractivity contribution in [3.05, 3.63) is 70.5 Å². The summed E-state index contributed by atoms with van der Waals surface area (Å²) in [6.07, 6.45) is 2.61. The van der Waals surface area contributed by atoms with Crippen LogP contribution in [-0.4, -0.2) is 28.0 Å². The standard InChI is InChI=1S/C18H13FN4O2/c1-25-12-6-7-13-15(8-12)22-17-16(13)20-10-23(18(17)24)21-9-11-4-2-3-5-14(11)19/h2-10,22H,1H3/b21-9-. The van der Waals surface area contributed by atoms with Gasteiger partial charge in [0.15, 0.2) is 0 Å². The van der Waals surface area contributed by atoms with E-state index in [0.717, 1.165) is 15.6 Å². The van der Waals surface area contributed by atoms with Gasteiger partial charge in [0.2, 0.25) is 0 Å². The molecule has 4 rings (SSSR count). The third-order valence-electron chi connectivity index (χ3n) is 3.92. The van der Waals surface area contributed by atoms with Crippen LogP contribution in [0.4, 0.5) is 4.39 Å². The van der Waals surface area contributed by atoms with Gasteiger partial charge in [-0.3, -0.25) is 4.79 Å². The minimum Gasteiger partial charge on any atom is -0.497 e. The summed E-state index contributed by atoms with van der Waals surface area (Å²) in [5, 5.41) is 4.84. The summed E-state index contributed by atoms with van der Waals surface area (Å²) in [6, 6.07) is 11.6. The van der Waals surface area contributed by atoms with Gasteiger partial charge in [0.05, 0.1) is 18.8 Å². The van der Waals surface area contributed by atoms with Crippen LogP contribution >= 0.6 is 0 Å². The number of methoxy groups -OCH3 is 1. The van der Waals surface area contributed by atoms with E-state index in [1.807, 2.05) is 6.07 Å². The first-order valence-corrected chi connectivity index (χ1v) is 7.53. The second-order valence-corrected chi connectivity index (χ2v) is 5.42. The Balaban J connectivity index is 1.84. The van der Waals surface area contributed by atoms with Crippen molar-refractivity contribution in [3.8, 4) is 5.75 Å². The van der Waals surface area contributed by atoms with Crippen molar-refractivity contribution in [1.29, 1.82) is 0 Å². The summed E-state index contributed by atoms with van der Waals surface area (Å²) in [5.41, 5.74) is 1.55. The van der Waals surface area contributed by atoms with E-state index in [1.165, 1.54) is 18.6 Å². The molecule has 0 radical (unpaired) electrons. The Bertz CT molecular complexity index is 1180. The van der Waals surface area contributed by atoms with Crippen LogP contribution in [0.1, 0.15) is 5.56 Å². The van der Waals surface area contributed by atoms with Gasteiger partial charge < -0.3 is 9.72 Å². The minimum absolute atomic E-state index is 0.288. The molecule has 0 bridgehead atoms. The molecular formula is C18H13FN4O2. The van der Waals surface area contributed by atoms with Crippen LogP contribution in [0, 0.1) is 5.82 Å². The largest absolute Gasteiger partial charge is 0.497 e. The molecule has 0 spiro atoms. The Morgan fingerprint density at radius 1 is 1.28 bits per heavy atom. The molecule has 0 aliphatic heterocycles. The number of fused-ring (bicyclic) bond motifs is 3. The maximum atomic E-state index is 13.6. The number of halogens is 1. The molecule has 2 aromatic carbocycles. The van der Waals surface area contributed by atoms with Crippen LogP contribution in [0.25, 0.3) is 21.9 Å². The van der Waals surface area contributed by atoms with E-state index in [2.05, 4.69) is 15.1 Å². The van der Waals surface area contributed by atoms with Gasteiger partial charge in [-0.2, -0.15) is 9.78 Å². The van der Waals surface area contributed by atoms with E-state index < -0.39 is 5.82 Å². The summed E-state index contributed by atoms with van der Waals surface area (Å²) in [6.45, 7) is 0. The summed E-state index contributed by atoms with van der Waals surface area (Å²) in [7, 11) is 1.58. The first kappa shape index (κ1) is 15.1. The lowest BCUT2D eigenvalue weighted by atomic mass is 10.2. The van der Waals surface area contributed by atoms with Gasteiger partial charge in [-0.25, -0.2) is 9.37 Å². The zero-order chi connectivity index (χ0) is 17.4. The summed E-state index contributed by atoms with van der Waals surface area (Å²) >= 11 is 0. The highest BCUT2D eigenvalue weighted by atomic mass is 19.1. The average molecular weight is 336 g/mol. The van der Waals surface area contributed by atoms with Crippen LogP contribution in [0.2, 0.25) is 0 Å². The zero-order valence-electron chi connectivity index (χ0n) is 13.2. The monoisotopic (exact) mass is 336 g/mol. The van der Waals surface area contributed by atoms with Crippen molar-refractivity contribution in [2.75, 3.05) is 7.11 Å². The smallest absolute Gasteiger partial charge is 0.298 e. The summed E-state index contributed by atoms with van der Waals surface area (Å²) < 4.78 is 19.9. The molecule has 0 saturated carbocycles. The summed E-state index contributed by atoms with van der Waals surface area (Å²) in [4.78, 5) is 20.0. The normalized spacial score (nSPS) is 11.6. The van der Waals surface area contributed by atoms with E-state index in [-0.39, 0.29) is 11.1 Å². The number of ether oxygens (including phenoxy) is 1. The zero-order valence-corrected chi connectivity index (χ0v) is 13.2. The van der Waals surface area contributed by atoms with Crippen molar-refractivity contribution < 1.29 is 9.13 Å². The fourth-order valence-electron chi connectivity index (χ4n) is 2.64. The van der Waals surface area contributed by atoms with Gasteiger partial charge in [-0.1, -0.05) is 18.2 Å². The SMILES string of the molecule is COc1ccc2c(c1)[nH]c1c(=O)n(/N=C\c3ccccc3F)cnc12. The topological polar surface area (TPSA) is 72.3 Å². The molecule has 2 heterocycles. The molecule has 0 unspecified atom stereocenters. The molecule has 0 amide bonds. The number of aromatic amines is 1. The fourth-order valence-corrected chi connectivity index (χ4v) is 2.64. The third kappa shape index (κ3) is 2.55. The first-order chi connectivity index (χ1) is 12.2. The minimum atomic E-state index is -0.411. The molecule has 4 aromatic rings. The maximum Gasteiger partial charge on any atom is 0.298 e. The van der Waals surface area contributed by atoms with E-state index in [0.29, 0.717) is 16.8 Å². The van der Waals surface area contributed by atoms with Gasteiger partial charge in [-0.15, -0.1) is 0 Å². The van der Waals surface area contributed by atoms with Crippen molar-refractivity contribution in [2.45, 2.75) is 0 Å². The molecule has 1 N–H and O–H groups in total. The number of nitrogens with one attached hydrogen (secondary N) is 1. The highest BCUT2D eigenvalue weighted by Gasteiger charge is 2.11. The molecule has 124 valence electrons. The number of aromatic nitrogens is 3. The molecule has 0 aliphatic rings. The van der Waals surface area contributed by atoms with Crippen LogP contribution < -0.4 is 10.3 Å². The van der Waals surface area contributed by atoms with Crippen LogP contribution in [0.15, 0.2) is 58.7 Å². The van der Waals surface area contributed by atoms with Crippen LogP contribution in [0.5, 0.6) is 5.75 Å². The second kappa shape index (κ2) is 5.86. The number of rotatable bonds is 3. The van der Waals surface area contributed by atoms with Gasteiger partial charge in [0.25, 0.3) is 5.56 Å². The van der Waals surface area contributed by atoms with E-state index >= 15 is 0 Å². The van der Waals surface area contributed by atoms with Gasteiger partial charge in [0, 0.05) is 17.0 Å². The van der Waals surface area contributed by atoms with Crippen molar-refractivity contribution >= 4 is 28.2 Å². The molecule has 7 heteroatoms. The van der Waals surface area contributed by atoms with E-state index in [1.54, 1.807) is 37.4 Å². The predicted octanol–water partition coefficient (Wildman–Crippen LogP) is 2.91. The number of hydrogen-bond donors (Lipinski definition) is 1. The lowest BCUT2D eigenvalue weighted by Crippen LogP contribution is -2.17. The molecule has 6 nitrogen and oxygen atoms in total. The molecule has 0 saturated heterocycles. The number of hydrogen-bond acceptors (Lipinski definition) is 4. The highest BCUT2D eigenvalue weighted by molar-refractivity contribution is 6.04. The van der Waals surface area contributed by atoms with Gasteiger partial charge in [-0.05, 0) is 18.2 Å². The third-order valence-corrected chi connectivity index (χ3v) is 3.92. The highest BCUT2D eigenvalue weighted by Crippen LogP contribution is 2.25. The van der Waals surface area contributed by atoms with Gasteiger partial charge >= 0.3 is 0 Å². The molecule has 0 atom stereocenters. The first-order valence-electron chi connectivity index (χ1n) is 7.53. The van der Waals surface area contributed by atoms with Crippen molar-refractivity contribution in [1.82, 2.24) is 14.6 Å². The second-order valence-electron chi connectivity index (χ2n) is 5.42. The molecule has 25 heavy (non-hydrogen) atoms. The van der Waals surface area contributed by atoms with E-state index in [9.17, 15) is 9.18 Å². The van der Waals surface area contributed by atoms with Crippen molar-refractivity contribution in [3.63, 3.8) is 0 Å². The maximum absolute atomic E-state index is 13.6. The number of nitrogens with zero attached hydrogens (tertiary/aromatic N) is 3. The molecular weight excluding hydrogens is 323 g/mol. The molecule has 0 aliphatic carbocycles. The predicted molar refractivity (Wildman–Crippen MR) is 93.8 cm³/mol. The Morgan fingerprint density at radius 3 is 2.92 bits per heavy atom. The van der Waals surface area contributed by atoms with Crippen LogP contribution in [-0.2, 0) is 0 Å². The lowest BCUT2D eigenvalue weighted by molar-refractivity contribution is 0.415. The quantitative estimate of drug-likeness (QED) is 0.585. The van der Waals surface area contributed by atoms with E-state index in [4.69, 9.17) is 4.74 Å². The Labute approximate surface area is 141 Å². The van der Waals surface area contributed by atoms with Crippen molar-refractivity contribution in [2.24, 2.45) is 5.10 Å². The number of H-pyrrole nitrogens is 1. The van der Waals surface area contributed by atoms with Gasteiger partial charge in [0.1, 0.15) is 28.9 Å². The Morgan fingerprint density at radius 2 is 2.12 bits per heavy atom. The lowest BCUT2D eigenvalue weighted by Gasteiger charge is -1.99. The fraction of sp³-hybridized carbons (Fsp3) is 0.0556. The summed E-state index contributed by atoms with van der Waals surface area (Å²) in [5.74, 6) is 0.267.